The van der Waals surface area contributed by atoms with Crippen LogP contribution in [0, 0.1) is 5.92 Å². The van der Waals surface area contributed by atoms with Gasteiger partial charge in [0.1, 0.15) is 29.4 Å². The number of hydrogen-bond donors (Lipinski definition) is 1. The van der Waals surface area contributed by atoms with Crippen LogP contribution in [0.5, 0.6) is 11.5 Å². The van der Waals surface area contributed by atoms with Crippen LogP contribution in [0.3, 0.4) is 0 Å². The highest BCUT2D eigenvalue weighted by Crippen LogP contribution is 2.33. The molecule has 5 heteroatoms. The zero-order valence-corrected chi connectivity index (χ0v) is 15.5. The van der Waals surface area contributed by atoms with E-state index >= 15 is 0 Å². The molecule has 0 atom stereocenters. The summed E-state index contributed by atoms with van der Waals surface area (Å²) >= 11 is 0. The van der Waals surface area contributed by atoms with Crippen LogP contribution in [0.2, 0.25) is 0 Å². The van der Waals surface area contributed by atoms with Gasteiger partial charge < -0.3 is 14.5 Å². The predicted molar refractivity (Wildman–Crippen MR) is 108 cm³/mol. The van der Waals surface area contributed by atoms with Crippen LogP contribution in [-0.2, 0) is 6.61 Å². The molecule has 5 nitrogen and oxygen atoms in total. The van der Waals surface area contributed by atoms with E-state index in [4.69, 9.17) is 9.47 Å². The number of hydrogen-bond acceptors (Lipinski definition) is 4. The van der Waals surface area contributed by atoms with E-state index < -0.39 is 0 Å². The molecular weight excluding hydrogens is 350 g/mol. The number of fused-ring (bicyclic) bond motifs is 1. The lowest BCUT2D eigenvalue weighted by molar-refractivity contribution is 0.287. The highest BCUT2D eigenvalue weighted by atomic mass is 16.5. The SMILES string of the molecule is c1ccc(COc2cc(OCC3CC3)cc(-c3nc4cccnc4[nH]3)c2)cc1. The highest BCUT2D eigenvalue weighted by Gasteiger charge is 2.22. The topological polar surface area (TPSA) is 60.0 Å². The van der Waals surface area contributed by atoms with Crippen molar-refractivity contribution in [2.24, 2.45) is 5.92 Å². The second-order valence-electron chi connectivity index (χ2n) is 7.18. The molecule has 4 aromatic rings. The lowest BCUT2D eigenvalue weighted by Crippen LogP contribution is -2.01. The molecule has 1 saturated carbocycles. The van der Waals surface area contributed by atoms with Gasteiger partial charge in [0, 0.05) is 17.8 Å². The molecule has 2 aromatic heterocycles. The molecule has 28 heavy (non-hydrogen) atoms. The summed E-state index contributed by atoms with van der Waals surface area (Å²) in [5.41, 5.74) is 3.66. The first-order valence-electron chi connectivity index (χ1n) is 9.59. The molecule has 1 fully saturated rings. The second-order valence-corrected chi connectivity index (χ2v) is 7.18. The van der Waals surface area contributed by atoms with E-state index in [1.54, 1.807) is 6.20 Å². The summed E-state index contributed by atoms with van der Waals surface area (Å²) in [4.78, 5) is 12.3. The third-order valence-corrected chi connectivity index (χ3v) is 4.84. The number of aromatic amines is 1. The maximum Gasteiger partial charge on any atom is 0.157 e. The Hall–Kier alpha value is -3.34. The van der Waals surface area contributed by atoms with Gasteiger partial charge in [-0.1, -0.05) is 30.3 Å². The Morgan fingerprint density at radius 3 is 2.54 bits per heavy atom. The van der Waals surface area contributed by atoms with Gasteiger partial charge in [-0.15, -0.1) is 0 Å². The van der Waals surface area contributed by atoms with Crippen molar-refractivity contribution in [3.63, 3.8) is 0 Å². The maximum atomic E-state index is 6.05. The number of ether oxygens (including phenoxy) is 2. The fourth-order valence-corrected chi connectivity index (χ4v) is 3.10. The molecule has 0 amide bonds. The van der Waals surface area contributed by atoms with Crippen LogP contribution >= 0.6 is 0 Å². The molecule has 1 aliphatic carbocycles. The maximum absolute atomic E-state index is 6.05. The lowest BCUT2D eigenvalue weighted by Gasteiger charge is -2.12. The molecule has 0 aliphatic heterocycles. The van der Waals surface area contributed by atoms with Crippen LogP contribution in [0.15, 0.2) is 66.9 Å². The monoisotopic (exact) mass is 371 g/mol. The van der Waals surface area contributed by atoms with E-state index in [-0.39, 0.29) is 0 Å². The minimum atomic E-state index is 0.508. The smallest absolute Gasteiger partial charge is 0.157 e. The molecule has 1 N–H and O–H groups in total. The fourth-order valence-electron chi connectivity index (χ4n) is 3.10. The summed E-state index contributed by atoms with van der Waals surface area (Å²) in [6.45, 7) is 1.26. The molecule has 2 aromatic carbocycles. The van der Waals surface area contributed by atoms with Crippen molar-refractivity contribution in [2.75, 3.05) is 6.61 Å². The van der Waals surface area contributed by atoms with Crippen molar-refractivity contribution < 1.29 is 9.47 Å². The molecule has 140 valence electrons. The van der Waals surface area contributed by atoms with Crippen molar-refractivity contribution in [3.8, 4) is 22.9 Å². The van der Waals surface area contributed by atoms with E-state index in [1.807, 2.05) is 48.5 Å². The molecule has 0 unspecified atom stereocenters. The normalized spacial score (nSPS) is 13.6. The number of nitrogens with one attached hydrogen (secondary N) is 1. The van der Waals surface area contributed by atoms with E-state index in [9.17, 15) is 0 Å². The molecule has 1 aliphatic rings. The molecule has 0 saturated heterocycles. The van der Waals surface area contributed by atoms with Crippen LogP contribution in [0.25, 0.3) is 22.6 Å². The largest absolute Gasteiger partial charge is 0.493 e. The van der Waals surface area contributed by atoms with E-state index in [1.165, 1.54) is 12.8 Å². The summed E-state index contributed by atoms with van der Waals surface area (Å²) in [6, 6.07) is 19.9. The van der Waals surface area contributed by atoms with E-state index in [0.29, 0.717) is 12.5 Å². The zero-order valence-electron chi connectivity index (χ0n) is 15.5. The lowest BCUT2D eigenvalue weighted by atomic mass is 10.2. The van der Waals surface area contributed by atoms with Crippen LogP contribution in [0.1, 0.15) is 18.4 Å². The quantitative estimate of drug-likeness (QED) is 0.497. The Kier molecular flexibility index (Phi) is 4.41. The number of aromatic nitrogens is 3. The summed E-state index contributed by atoms with van der Waals surface area (Å²) in [5, 5.41) is 0. The molecular formula is C23H21N3O2. The first kappa shape index (κ1) is 16.8. The standard InChI is InChI=1S/C23H21N3O2/c1-2-5-16(6-3-1)14-27-19-11-18(12-20(13-19)28-15-17-8-9-17)22-25-21-7-4-10-24-23(21)26-22/h1-7,10-13,17H,8-9,14-15H2,(H,24,25,26). The fraction of sp³-hybridized carbons (Fsp3) is 0.217. The Balaban J connectivity index is 1.44. The number of nitrogens with zero attached hydrogens (tertiary/aromatic N) is 2. The van der Waals surface area contributed by atoms with Crippen LogP contribution in [0.4, 0.5) is 0 Å². The van der Waals surface area contributed by atoms with Gasteiger partial charge in [-0.2, -0.15) is 0 Å². The Morgan fingerprint density at radius 2 is 1.75 bits per heavy atom. The van der Waals surface area contributed by atoms with Gasteiger partial charge in [-0.25, -0.2) is 9.97 Å². The first-order valence-corrected chi connectivity index (χ1v) is 9.59. The average Bonchev–Trinajstić information content (AvgIpc) is 3.47. The van der Waals surface area contributed by atoms with Gasteiger partial charge in [0.15, 0.2) is 5.65 Å². The summed E-state index contributed by atoms with van der Waals surface area (Å²) in [5.74, 6) is 3.02. The minimum Gasteiger partial charge on any atom is -0.493 e. The molecule has 0 radical (unpaired) electrons. The predicted octanol–water partition coefficient (Wildman–Crippen LogP) is 4.99. The van der Waals surface area contributed by atoms with Crippen LogP contribution in [-0.4, -0.2) is 21.6 Å². The molecule has 0 spiro atoms. The molecule has 2 heterocycles. The summed E-state index contributed by atoms with van der Waals surface area (Å²) in [6.07, 6.45) is 4.27. The highest BCUT2D eigenvalue weighted by molar-refractivity contribution is 5.76. The van der Waals surface area contributed by atoms with Crippen molar-refractivity contribution in [2.45, 2.75) is 19.4 Å². The van der Waals surface area contributed by atoms with Gasteiger partial charge >= 0.3 is 0 Å². The Bertz CT molecular complexity index is 1050. The first-order chi connectivity index (χ1) is 13.8. The number of imidazole rings is 1. The average molecular weight is 371 g/mol. The third-order valence-electron chi connectivity index (χ3n) is 4.84. The van der Waals surface area contributed by atoms with Gasteiger partial charge in [-0.05, 0) is 48.6 Å². The van der Waals surface area contributed by atoms with Crippen molar-refractivity contribution in [1.82, 2.24) is 15.0 Å². The van der Waals surface area contributed by atoms with Crippen molar-refractivity contribution >= 4 is 11.2 Å². The van der Waals surface area contributed by atoms with E-state index in [2.05, 4.69) is 27.1 Å². The van der Waals surface area contributed by atoms with Crippen molar-refractivity contribution in [3.05, 3.63) is 72.4 Å². The van der Waals surface area contributed by atoms with Gasteiger partial charge in [0.2, 0.25) is 0 Å². The summed E-state index contributed by atoms with van der Waals surface area (Å²) in [7, 11) is 0. The van der Waals surface area contributed by atoms with Crippen molar-refractivity contribution in [1.29, 1.82) is 0 Å². The van der Waals surface area contributed by atoms with Crippen LogP contribution < -0.4 is 9.47 Å². The summed E-state index contributed by atoms with van der Waals surface area (Å²) < 4.78 is 12.1. The second kappa shape index (κ2) is 7.35. The van der Waals surface area contributed by atoms with Gasteiger partial charge in [-0.3, -0.25) is 0 Å². The third kappa shape index (κ3) is 3.83. The number of rotatable bonds is 7. The Morgan fingerprint density at radius 1 is 0.929 bits per heavy atom. The zero-order chi connectivity index (χ0) is 18.8. The number of benzene rings is 2. The molecule has 0 bridgehead atoms. The van der Waals surface area contributed by atoms with E-state index in [0.717, 1.165) is 46.2 Å². The minimum absolute atomic E-state index is 0.508. The van der Waals surface area contributed by atoms with Gasteiger partial charge in [0.05, 0.1) is 6.61 Å². The van der Waals surface area contributed by atoms with Gasteiger partial charge in [0.25, 0.3) is 0 Å². The Labute approximate surface area is 163 Å². The molecule has 5 rings (SSSR count). The number of H-pyrrole nitrogens is 1. The number of pyridine rings is 1.